The van der Waals surface area contributed by atoms with E-state index in [4.69, 9.17) is 10.9 Å². The van der Waals surface area contributed by atoms with Crippen LogP contribution in [-0.4, -0.2) is 14.5 Å². The maximum atomic E-state index is 11.4. The normalized spacial score (nSPS) is 26.6. The summed E-state index contributed by atoms with van der Waals surface area (Å²) in [6, 6.07) is 4.87. The first kappa shape index (κ1) is 15.1. The highest BCUT2D eigenvalue weighted by molar-refractivity contribution is 7.89. The Morgan fingerprint density at radius 2 is 2.05 bits per heavy atom. The molecule has 1 aromatic rings. The van der Waals surface area contributed by atoms with E-state index in [1.54, 1.807) is 6.07 Å². The molecule has 2 rings (SSSR count). The molecule has 3 unspecified atom stereocenters. The smallest absolute Gasteiger partial charge is 0.238 e. The average Bonchev–Trinajstić information content (AvgIpc) is 2.72. The lowest BCUT2D eigenvalue weighted by molar-refractivity contribution is 0.392. The third kappa shape index (κ3) is 3.07. The van der Waals surface area contributed by atoms with Crippen molar-refractivity contribution in [1.29, 1.82) is 0 Å². The Labute approximate surface area is 120 Å². The van der Waals surface area contributed by atoms with Gasteiger partial charge in [-0.3, -0.25) is 0 Å². The van der Waals surface area contributed by atoms with Gasteiger partial charge in [0.1, 0.15) is 0 Å². The zero-order chi connectivity index (χ0) is 14.9. The highest BCUT2D eigenvalue weighted by Crippen LogP contribution is 2.36. The van der Waals surface area contributed by atoms with E-state index in [1.165, 1.54) is 25.0 Å². The third-order valence-electron chi connectivity index (χ3n) is 4.45. The summed E-state index contributed by atoms with van der Waals surface area (Å²) >= 11 is 0. The Morgan fingerprint density at radius 1 is 1.35 bits per heavy atom. The van der Waals surface area contributed by atoms with Crippen LogP contribution in [0.2, 0.25) is 0 Å². The maximum Gasteiger partial charge on any atom is 0.238 e. The van der Waals surface area contributed by atoms with E-state index < -0.39 is 10.0 Å². The molecular weight excluding hydrogens is 274 g/mol. The highest BCUT2D eigenvalue weighted by Gasteiger charge is 2.31. The molecule has 0 spiro atoms. The molecule has 0 bridgehead atoms. The second-order valence-corrected chi connectivity index (χ2v) is 7.21. The van der Waals surface area contributed by atoms with Crippen LogP contribution in [0.15, 0.2) is 23.1 Å². The SMILES string of the molecule is CCC1CCC(Nc2cc(S(N)(=O)=O)ccc2N)C1C. The monoisotopic (exact) mass is 297 g/mol. The molecule has 0 saturated heterocycles. The number of hydrogen-bond acceptors (Lipinski definition) is 4. The van der Waals surface area contributed by atoms with Crippen LogP contribution in [0.1, 0.15) is 33.1 Å². The Hall–Kier alpha value is -1.27. The predicted molar refractivity (Wildman–Crippen MR) is 81.8 cm³/mol. The molecule has 1 aromatic carbocycles. The molecule has 0 aromatic heterocycles. The van der Waals surface area contributed by atoms with Gasteiger partial charge in [0.2, 0.25) is 10.0 Å². The minimum atomic E-state index is -3.70. The first-order chi connectivity index (χ1) is 9.32. The number of nitrogen functional groups attached to an aromatic ring is 1. The van der Waals surface area contributed by atoms with E-state index in [9.17, 15) is 8.42 Å². The molecule has 1 aliphatic rings. The Balaban J connectivity index is 2.22. The predicted octanol–water partition coefficient (Wildman–Crippen LogP) is 2.15. The van der Waals surface area contributed by atoms with Crippen molar-refractivity contribution < 1.29 is 8.42 Å². The number of anilines is 2. The summed E-state index contributed by atoms with van der Waals surface area (Å²) in [4.78, 5) is 0.0897. The molecule has 6 heteroatoms. The molecule has 5 N–H and O–H groups in total. The van der Waals surface area contributed by atoms with E-state index >= 15 is 0 Å². The number of primary sulfonamides is 1. The van der Waals surface area contributed by atoms with E-state index in [1.807, 2.05) is 0 Å². The summed E-state index contributed by atoms with van der Waals surface area (Å²) < 4.78 is 22.8. The maximum absolute atomic E-state index is 11.4. The molecular formula is C14H23N3O2S. The molecule has 1 saturated carbocycles. The zero-order valence-corrected chi connectivity index (χ0v) is 12.8. The van der Waals surface area contributed by atoms with Gasteiger partial charge in [-0.2, -0.15) is 0 Å². The van der Waals surface area contributed by atoms with Crippen molar-refractivity contribution in [2.45, 2.75) is 44.0 Å². The molecule has 0 aliphatic heterocycles. The largest absolute Gasteiger partial charge is 0.397 e. The summed E-state index contributed by atoms with van der Waals surface area (Å²) in [5.74, 6) is 1.27. The van der Waals surface area contributed by atoms with Crippen LogP contribution in [-0.2, 0) is 10.0 Å². The minimum absolute atomic E-state index is 0.0897. The topological polar surface area (TPSA) is 98.2 Å². The Morgan fingerprint density at radius 3 is 2.60 bits per heavy atom. The third-order valence-corrected chi connectivity index (χ3v) is 5.36. The van der Waals surface area contributed by atoms with Gasteiger partial charge in [0.15, 0.2) is 0 Å². The second-order valence-electron chi connectivity index (χ2n) is 5.65. The molecule has 112 valence electrons. The van der Waals surface area contributed by atoms with E-state index in [-0.39, 0.29) is 4.90 Å². The lowest BCUT2D eigenvalue weighted by atomic mass is 9.93. The van der Waals surface area contributed by atoms with Crippen LogP contribution < -0.4 is 16.2 Å². The molecule has 20 heavy (non-hydrogen) atoms. The van der Waals surface area contributed by atoms with Crippen molar-refractivity contribution in [1.82, 2.24) is 0 Å². The molecule has 1 fully saturated rings. The van der Waals surface area contributed by atoms with Crippen LogP contribution in [0.5, 0.6) is 0 Å². The fraction of sp³-hybridized carbons (Fsp3) is 0.571. The number of hydrogen-bond donors (Lipinski definition) is 3. The van der Waals surface area contributed by atoms with Gasteiger partial charge in [-0.05, 0) is 42.9 Å². The van der Waals surface area contributed by atoms with Crippen molar-refractivity contribution in [3.05, 3.63) is 18.2 Å². The highest BCUT2D eigenvalue weighted by atomic mass is 32.2. The molecule has 0 radical (unpaired) electrons. The lowest BCUT2D eigenvalue weighted by Crippen LogP contribution is -2.25. The van der Waals surface area contributed by atoms with Gasteiger partial charge in [0.25, 0.3) is 0 Å². The van der Waals surface area contributed by atoms with Gasteiger partial charge in [0.05, 0.1) is 16.3 Å². The summed E-state index contributed by atoms with van der Waals surface area (Å²) in [5, 5.41) is 8.55. The summed E-state index contributed by atoms with van der Waals surface area (Å²) in [6.45, 7) is 4.44. The zero-order valence-electron chi connectivity index (χ0n) is 12.0. The Bertz CT molecular complexity index is 586. The summed E-state index contributed by atoms with van der Waals surface area (Å²) in [7, 11) is -3.70. The number of sulfonamides is 1. The number of nitrogens with one attached hydrogen (secondary N) is 1. The fourth-order valence-electron chi connectivity index (χ4n) is 3.06. The van der Waals surface area contributed by atoms with Crippen molar-refractivity contribution in [2.24, 2.45) is 17.0 Å². The molecule has 0 heterocycles. The number of rotatable bonds is 4. The second kappa shape index (κ2) is 5.61. The van der Waals surface area contributed by atoms with Gasteiger partial charge in [-0.15, -0.1) is 0 Å². The van der Waals surface area contributed by atoms with Gasteiger partial charge >= 0.3 is 0 Å². The first-order valence-corrected chi connectivity index (χ1v) is 8.56. The van der Waals surface area contributed by atoms with Crippen LogP contribution in [0.3, 0.4) is 0 Å². The van der Waals surface area contributed by atoms with Crippen LogP contribution in [0, 0.1) is 11.8 Å². The van der Waals surface area contributed by atoms with E-state index in [0.717, 1.165) is 12.3 Å². The van der Waals surface area contributed by atoms with Crippen LogP contribution >= 0.6 is 0 Å². The van der Waals surface area contributed by atoms with Crippen molar-refractivity contribution in [2.75, 3.05) is 11.1 Å². The standard InChI is InChI=1S/C14H23N3O2S/c1-3-10-4-7-13(9(10)2)17-14-8-11(20(16,18)19)5-6-12(14)15/h5-6,8-10,13,17H,3-4,7,15H2,1-2H3,(H2,16,18,19). The molecule has 3 atom stereocenters. The van der Waals surface area contributed by atoms with Gasteiger partial charge in [-0.25, -0.2) is 13.6 Å². The van der Waals surface area contributed by atoms with Gasteiger partial charge < -0.3 is 11.1 Å². The van der Waals surface area contributed by atoms with Gasteiger partial charge in [-0.1, -0.05) is 20.3 Å². The average molecular weight is 297 g/mol. The minimum Gasteiger partial charge on any atom is -0.397 e. The number of nitrogens with two attached hydrogens (primary N) is 2. The Kier molecular flexibility index (Phi) is 4.25. The summed E-state index contributed by atoms with van der Waals surface area (Å²) in [5.41, 5.74) is 7.13. The van der Waals surface area contributed by atoms with E-state index in [0.29, 0.717) is 23.3 Å². The molecule has 1 aliphatic carbocycles. The fourth-order valence-corrected chi connectivity index (χ4v) is 3.60. The molecule has 5 nitrogen and oxygen atoms in total. The van der Waals surface area contributed by atoms with Crippen molar-refractivity contribution >= 4 is 21.4 Å². The van der Waals surface area contributed by atoms with Crippen LogP contribution in [0.25, 0.3) is 0 Å². The van der Waals surface area contributed by atoms with Gasteiger partial charge in [0, 0.05) is 6.04 Å². The number of benzene rings is 1. The quantitative estimate of drug-likeness (QED) is 0.742. The van der Waals surface area contributed by atoms with Crippen molar-refractivity contribution in [3.8, 4) is 0 Å². The lowest BCUT2D eigenvalue weighted by Gasteiger charge is -2.23. The first-order valence-electron chi connectivity index (χ1n) is 7.01. The molecule has 0 amide bonds. The van der Waals surface area contributed by atoms with E-state index in [2.05, 4.69) is 19.2 Å². The summed E-state index contributed by atoms with van der Waals surface area (Å²) in [6.07, 6.45) is 3.45. The van der Waals surface area contributed by atoms with Crippen molar-refractivity contribution in [3.63, 3.8) is 0 Å². The van der Waals surface area contributed by atoms with Crippen LogP contribution in [0.4, 0.5) is 11.4 Å².